The number of amides is 2. The van der Waals surface area contributed by atoms with Crippen LogP contribution < -0.4 is 10.2 Å². The number of nitrogens with zero attached hydrogens (tertiary/aromatic N) is 2. The SMILES string of the molecule is CCOC(=O)NC(=O)CN1CCN(c2cccc(Cl)c2)CC1. The Hall–Kier alpha value is -1.79. The van der Waals surface area contributed by atoms with E-state index < -0.39 is 6.09 Å². The average Bonchev–Trinajstić information content (AvgIpc) is 2.48. The highest BCUT2D eigenvalue weighted by atomic mass is 35.5. The first-order valence-electron chi connectivity index (χ1n) is 7.28. The number of hydrogen-bond acceptors (Lipinski definition) is 5. The largest absolute Gasteiger partial charge is 0.450 e. The van der Waals surface area contributed by atoms with Crippen molar-refractivity contribution < 1.29 is 14.3 Å². The fourth-order valence-electron chi connectivity index (χ4n) is 2.36. The van der Waals surface area contributed by atoms with E-state index in [2.05, 4.69) is 15.0 Å². The number of carbonyl (C=O) groups excluding carboxylic acids is 2. The highest BCUT2D eigenvalue weighted by Gasteiger charge is 2.20. The molecule has 0 spiro atoms. The summed E-state index contributed by atoms with van der Waals surface area (Å²) in [4.78, 5) is 27.1. The maximum absolute atomic E-state index is 11.7. The van der Waals surface area contributed by atoms with Crippen LogP contribution in [0.3, 0.4) is 0 Å². The number of benzene rings is 1. The van der Waals surface area contributed by atoms with Gasteiger partial charge in [-0.2, -0.15) is 0 Å². The molecule has 1 fully saturated rings. The van der Waals surface area contributed by atoms with Gasteiger partial charge < -0.3 is 9.64 Å². The van der Waals surface area contributed by atoms with Gasteiger partial charge in [0.15, 0.2) is 0 Å². The molecule has 0 aromatic heterocycles. The molecule has 0 bridgehead atoms. The number of rotatable bonds is 4. The standard InChI is InChI=1S/C15H20ClN3O3/c1-2-22-15(21)17-14(20)11-18-6-8-19(9-7-18)13-5-3-4-12(16)10-13/h3-5,10H,2,6-9,11H2,1H3,(H,17,20,21). The maximum atomic E-state index is 11.7. The number of ether oxygens (including phenoxy) is 1. The molecular formula is C15H20ClN3O3. The summed E-state index contributed by atoms with van der Waals surface area (Å²) in [5.74, 6) is -0.338. The molecule has 0 saturated carbocycles. The molecule has 0 aliphatic carbocycles. The number of halogens is 1. The van der Waals surface area contributed by atoms with E-state index in [-0.39, 0.29) is 19.1 Å². The molecule has 0 unspecified atom stereocenters. The Labute approximate surface area is 135 Å². The molecule has 1 aliphatic heterocycles. The predicted octanol–water partition coefficient (Wildman–Crippen LogP) is 1.73. The zero-order valence-electron chi connectivity index (χ0n) is 12.5. The summed E-state index contributed by atoms with van der Waals surface area (Å²) in [6.07, 6.45) is -0.690. The summed E-state index contributed by atoms with van der Waals surface area (Å²) < 4.78 is 4.68. The Morgan fingerprint density at radius 2 is 2.00 bits per heavy atom. The van der Waals surface area contributed by atoms with Crippen LogP contribution in [0.25, 0.3) is 0 Å². The third-order valence-corrected chi connectivity index (χ3v) is 3.66. The van der Waals surface area contributed by atoms with Gasteiger partial charge in [0.25, 0.3) is 0 Å². The van der Waals surface area contributed by atoms with Gasteiger partial charge in [-0.15, -0.1) is 0 Å². The topological polar surface area (TPSA) is 61.9 Å². The molecule has 1 aliphatic rings. The van der Waals surface area contributed by atoms with Gasteiger partial charge >= 0.3 is 6.09 Å². The lowest BCUT2D eigenvalue weighted by Gasteiger charge is -2.35. The van der Waals surface area contributed by atoms with Gasteiger partial charge in [0, 0.05) is 36.9 Å². The number of anilines is 1. The molecule has 2 amide bonds. The lowest BCUT2D eigenvalue weighted by Crippen LogP contribution is -2.50. The Bertz CT molecular complexity index is 531. The Morgan fingerprint density at radius 1 is 1.27 bits per heavy atom. The molecule has 1 aromatic carbocycles. The van der Waals surface area contributed by atoms with Crippen LogP contribution in [0.4, 0.5) is 10.5 Å². The van der Waals surface area contributed by atoms with E-state index in [0.29, 0.717) is 5.02 Å². The van der Waals surface area contributed by atoms with Crippen LogP contribution in [-0.2, 0) is 9.53 Å². The number of piperazine rings is 1. The Balaban J connectivity index is 1.77. The van der Waals surface area contributed by atoms with E-state index in [1.165, 1.54) is 0 Å². The van der Waals surface area contributed by atoms with Crippen LogP contribution in [0.1, 0.15) is 6.92 Å². The summed E-state index contributed by atoms with van der Waals surface area (Å²) in [7, 11) is 0. The second-order valence-electron chi connectivity index (χ2n) is 5.01. The fraction of sp³-hybridized carbons (Fsp3) is 0.467. The van der Waals surface area contributed by atoms with Gasteiger partial charge in [0.2, 0.25) is 5.91 Å². The molecule has 120 valence electrons. The lowest BCUT2D eigenvalue weighted by atomic mass is 10.2. The molecule has 22 heavy (non-hydrogen) atoms. The van der Waals surface area contributed by atoms with Crippen molar-refractivity contribution in [1.29, 1.82) is 0 Å². The molecule has 0 radical (unpaired) electrons. The van der Waals surface area contributed by atoms with E-state index in [1.807, 2.05) is 29.2 Å². The molecule has 0 atom stereocenters. The molecule has 1 aromatic rings. The fourth-order valence-corrected chi connectivity index (χ4v) is 2.55. The van der Waals surface area contributed by atoms with E-state index in [1.54, 1.807) is 6.92 Å². The van der Waals surface area contributed by atoms with E-state index in [4.69, 9.17) is 11.6 Å². The molecule has 1 saturated heterocycles. The monoisotopic (exact) mass is 325 g/mol. The van der Waals surface area contributed by atoms with Crippen molar-refractivity contribution in [2.45, 2.75) is 6.92 Å². The first kappa shape index (κ1) is 16.6. The van der Waals surface area contributed by atoms with Gasteiger partial charge in [-0.25, -0.2) is 4.79 Å². The van der Waals surface area contributed by atoms with Crippen molar-refractivity contribution in [2.75, 3.05) is 44.2 Å². The minimum absolute atomic E-state index is 0.197. The first-order valence-corrected chi connectivity index (χ1v) is 7.65. The van der Waals surface area contributed by atoms with Gasteiger partial charge in [-0.1, -0.05) is 17.7 Å². The van der Waals surface area contributed by atoms with E-state index in [9.17, 15) is 9.59 Å². The second kappa shape index (κ2) is 8.00. The predicted molar refractivity (Wildman–Crippen MR) is 85.3 cm³/mol. The summed E-state index contributed by atoms with van der Waals surface area (Å²) in [5, 5.41) is 2.92. The van der Waals surface area contributed by atoms with Crippen molar-refractivity contribution >= 4 is 29.3 Å². The first-order chi connectivity index (χ1) is 10.6. The van der Waals surface area contributed by atoms with Crippen molar-refractivity contribution in [3.05, 3.63) is 29.3 Å². The van der Waals surface area contributed by atoms with Crippen LogP contribution in [0.15, 0.2) is 24.3 Å². The van der Waals surface area contributed by atoms with Crippen LogP contribution in [0.5, 0.6) is 0 Å². The Morgan fingerprint density at radius 3 is 2.64 bits per heavy atom. The highest BCUT2D eigenvalue weighted by molar-refractivity contribution is 6.30. The molecule has 1 heterocycles. The van der Waals surface area contributed by atoms with Gasteiger partial charge in [0.05, 0.1) is 13.2 Å². The zero-order chi connectivity index (χ0) is 15.9. The summed E-state index contributed by atoms with van der Waals surface area (Å²) in [6, 6.07) is 7.73. The third kappa shape index (κ3) is 4.89. The van der Waals surface area contributed by atoms with Crippen LogP contribution in [0, 0.1) is 0 Å². The molecular weight excluding hydrogens is 306 g/mol. The van der Waals surface area contributed by atoms with Gasteiger partial charge in [0.1, 0.15) is 0 Å². The van der Waals surface area contributed by atoms with Gasteiger partial charge in [-0.05, 0) is 25.1 Å². The van der Waals surface area contributed by atoms with Crippen molar-refractivity contribution in [3.63, 3.8) is 0 Å². The smallest absolute Gasteiger partial charge is 0.413 e. The lowest BCUT2D eigenvalue weighted by molar-refractivity contribution is -0.121. The number of carbonyl (C=O) groups is 2. The van der Waals surface area contributed by atoms with E-state index in [0.717, 1.165) is 31.9 Å². The van der Waals surface area contributed by atoms with Gasteiger partial charge in [-0.3, -0.25) is 15.0 Å². The minimum Gasteiger partial charge on any atom is -0.450 e. The number of alkyl carbamates (subject to hydrolysis) is 1. The number of imide groups is 1. The minimum atomic E-state index is -0.690. The van der Waals surface area contributed by atoms with Crippen LogP contribution in [0.2, 0.25) is 5.02 Å². The quantitative estimate of drug-likeness (QED) is 0.913. The van der Waals surface area contributed by atoms with Crippen LogP contribution in [-0.4, -0.2) is 56.2 Å². The molecule has 2 rings (SSSR count). The van der Waals surface area contributed by atoms with Crippen molar-refractivity contribution in [3.8, 4) is 0 Å². The van der Waals surface area contributed by atoms with Crippen molar-refractivity contribution in [2.24, 2.45) is 0 Å². The molecule has 6 nitrogen and oxygen atoms in total. The van der Waals surface area contributed by atoms with E-state index >= 15 is 0 Å². The van der Waals surface area contributed by atoms with Crippen molar-refractivity contribution in [1.82, 2.24) is 10.2 Å². The molecule has 1 N–H and O–H groups in total. The van der Waals surface area contributed by atoms with Crippen LogP contribution >= 0.6 is 11.6 Å². The average molecular weight is 326 g/mol. The summed E-state index contributed by atoms with van der Waals surface area (Å²) in [6.45, 7) is 5.27. The highest BCUT2D eigenvalue weighted by Crippen LogP contribution is 2.20. The third-order valence-electron chi connectivity index (χ3n) is 3.43. The zero-order valence-corrected chi connectivity index (χ0v) is 13.3. The maximum Gasteiger partial charge on any atom is 0.413 e. The summed E-state index contributed by atoms with van der Waals surface area (Å²) in [5.41, 5.74) is 1.09. The number of nitrogens with one attached hydrogen (secondary N) is 1. The Kier molecular flexibility index (Phi) is 6.03. The summed E-state index contributed by atoms with van der Waals surface area (Å²) >= 11 is 6.00. The number of hydrogen-bond donors (Lipinski definition) is 1. The second-order valence-corrected chi connectivity index (χ2v) is 5.45. The molecule has 7 heteroatoms. The normalized spacial score (nSPS) is 15.5.